The molecule has 0 rings (SSSR count). The molecule has 0 unspecified atom stereocenters. The molecule has 0 aromatic heterocycles. The van der Waals surface area contributed by atoms with Crippen molar-refractivity contribution in [3.8, 4) is 0 Å². The fourth-order valence-corrected chi connectivity index (χ4v) is 1.02. The van der Waals surface area contributed by atoms with E-state index in [4.69, 9.17) is 17.2 Å². The van der Waals surface area contributed by atoms with Crippen LogP contribution in [0.5, 0.6) is 0 Å². The number of carbonyl (C=O) groups excluding carboxylic acids is 1. The van der Waals surface area contributed by atoms with Gasteiger partial charge in [0.25, 0.3) is 0 Å². The van der Waals surface area contributed by atoms with Gasteiger partial charge in [0.2, 0.25) is 0 Å². The van der Waals surface area contributed by atoms with Crippen molar-refractivity contribution in [2.45, 2.75) is 18.9 Å². The van der Waals surface area contributed by atoms with Crippen LogP contribution in [0.4, 0.5) is 4.79 Å². The molecule has 11 heteroatoms. The largest absolute Gasteiger partial charge is 0.370 e. The summed E-state index contributed by atoms with van der Waals surface area (Å²) in [6.45, 7) is 0.343. The third-order valence-corrected chi connectivity index (χ3v) is 1.67. The van der Waals surface area contributed by atoms with Crippen molar-refractivity contribution in [1.82, 2.24) is 10.9 Å². The van der Waals surface area contributed by atoms with E-state index in [-0.39, 0.29) is 5.96 Å². The lowest BCUT2D eigenvalue weighted by molar-refractivity contribution is -0.547. The number of carbonyl (C=O) groups is 1. The maximum Gasteiger partial charge on any atom is 0.332 e. The first-order valence-corrected chi connectivity index (χ1v) is 4.96. The SMILES string of the molecule is NC(=O)NN=C[C@H](CCCN=C(N)N)N[N+](=O)[O-]. The first-order chi connectivity index (χ1) is 8.41. The van der Waals surface area contributed by atoms with Gasteiger partial charge in [0.1, 0.15) is 6.04 Å². The molecule has 2 amide bonds. The van der Waals surface area contributed by atoms with Crippen molar-refractivity contribution in [2.24, 2.45) is 27.3 Å². The number of nitrogens with two attached hydrogens (primary N) is 3. The highest BCUT2D eigenvalue weighted by Gasteiger charge is 2.10. The number of hydrogen-bond donors (Lipinski definition) is 5. The Balaban J connectivity index is 4.14. The first kappa shape index (κ1) is 15.4. The lowest BCUT2D eigenvalue weighted by atomic mass is 10.2. The first-order valence-electron chi connectivity index (χ1n) is 4.96. The van der Waals surface area contributed by atoms with Crippen LogP contribution in [0, 0.1) is 10.1 Å². The minimum absolute atomic E-state index is 0.0437. The molecule has 0 aromatic carbocycles. The monoisotopic (exact) mass is 260 g/mol. The average molecular weight is 260 g/mol. The summed E-state index contributed by atoms with van der Waals surface area (Å²) < 4.78 is 0. The Bertz CT molecular complexity index is 338. The number of nitro groups is 1. The number of primary amides is 1. The second-order valence-electron chi connectivity index (χ2n) is 3.20. The predicted octanol–water partition coefficient (Wildman–Crippen LogP) is -2.16. The molecule has 0 bridgehead atoms. The van der Waals surface area contributed by atoms with Crippen LogP contribution >= 0.6 is 0 Å². The number of hydrazine groups is 1. The number of nitrogens with one attached hydrogen (secondary N) is 2. The molecule has 8 N–H and O–H groups in total. The zero-order valence-electron chi connectivity index (χ0n) is 9.57. The highest BCUT2D eigenvalue weighted by molar-refractivity contribution is 5.75. The number of amides is 2. The van der Waals surface area contributed by atoms with Gasteiger partial charge in [-0.15, -0.1) is 5.43 Å². The van der Waals surface area contributed by atoms with Crippen LogP contribution in [-0.2, 0) is 0 Å². The third kappa shape index (κ3) is 9.95. The Morgan fingerprint density at radius 1 is 1.44 bits per heavy atom. The Morgan fingerprint density at radius 2 is 2.11 bits per heavy atom. The highest BCUT2D eigenvalue weighted by atomic mass is 16.7. The van der Waals surface area contributed by atoms with Crippen LogP contribution in [0.1, 0.15) is 12.8 Å². The maximum atomic E-state index is 10.3. The maximum absolute atomic E-state index is 10.3. The third-order valence-electron chi connectivity index (χ3n) is 1.67. The fourth-order valence-electron chi connectivity index (χ4n) is 1.02. The minimum atomic E-state index is -0.855. The van der Waals surface area contributed by atoms with Gasteiger partial charge < -0.3 is 17.2 Å². The van der Waals surface area contributed by atoms with Crippen LogP contribution in [0.15, 0.2) is 10.1 Å². The van der Waals surface area contributed by atoms with E-state index in [0.717, 1.165) is 0 Å². The lowest BCUT2D eigenvalue weighted by Gasteiger charge is -2.07. The second-order valence-corrected chi connectivity index (χ2v) is 3.20. The number of guanidine groups is 1. The van der Waals surface area contributed by atoms with Gasteiger partial charge in [-0.05, 0) is 12.8 Å². The molecule has 0 heterocycles. The van der Waals surface area contributed by atoms with Gasteiger partial charge in [-0.3, -0.25) is 4.99 Å². The standard InChI is InChI=1S/C7H16N8O3/c8-6(9)11-3-1-2-5(14-15(17)18)4-12-13-7(10)16/h4-5,14H,1-3H2,(H4,8,9,11)(H3,10,13,16)/t5-/m0/s1. The van der Waals surface area contributed by atoms with Crippen molar-refractivity contribution in [3.63, 3.8) is 0 Å². The molecular formula is C7H16N8O3. The van der Waals surface area contributed by atoms with E-state index in [1.54, 1.807) is 0 Å². The van der Waals surface area contributed by atoms with Gasteiger partial charge in [-0.25, -0.2) is 20.3 Å². The quantitative estimate of drug-likeness (QED) is 0.109. The van der Waals surface area contributed by atoms with Gasteiger partial charge in [0.15, 0.2) is 11.0 Å². The molecule has 0 fully saturated rings. The van der Waals surface area contributed by atoms with E-state index in [0.29, 0.717) is 19.4 Å². The molecule has 0 aliphatic heterocycles. The number of hydrogen-bond acceptors (Lipinski definition) is 5. The summed E-state index contributed by atoms with van der Waals surface area (Å²) in [5, 5.41) is 13.0. The molecule has 18 heavy (non-hydrogen) atoms. The molecule has 0 saturated carbocycles. The molecule has 0 spiro atoms. The van der Waals surface area contributed by atoms with E-state index in [9.17, 15) is 14.9 Å². The van der Waals surface area contributed by atoms with E-state index in [1.165, 1.54) is 6.21 Å². The van der Waals surface area contributed by atoms with Crippen LogP contribution in [0.25, 0.3) is 0 Å². The molecule has 102 valence electrons. The smallest absolute Gasteiger partial charge is 0.332 e. The highest BCUT2D eigenvalue weighted by Crippen LogP contribution is 1.95. The normalized spacial score (nSPS) is 11.8. The Labute approximate surface area is 103 Å². The number of aliphatic imine (C=N–C) groups is 1. The molecule has 0 aliphatic carbocycles. The number of hydrazone groups is 1. The molecule has 11 nitrogen and oxygen atoms in total. The Kier molecular flexibility index (Phi) is 7.32. The van der Waals surface area contributed by atoms with E-state index >= 15 is 0 Å². The van der Waals surface area contributed by atoms with Gasteiger partial charge in [-0.2, -0.15) is 5.10 Å². The molecule has 0 aliphatic rings. The van der Waals surface area contributed by atoms with Crippen LogP contribution in [0.3, 0.4) is 0 Å². The zero-order chi connectivity index (χ0) is 14.0. The van der Waals surface area contributed by atoms with Gasteiger partial charge in [0.05, 0.1) is 6.21 Å². The fraction of sp³-hybridized carbons (Fsp3) is 0.571. The molecule has 0 saturated heterocycles. The summed E-state index contributed by atoms with van der Waals surface area (Å²) in [6, 6.07) is -1.52. The van der Waals surface area contributed by atoms with E-state index in [1.807, 2.05) is 10.9 Å². The summed E-state index contributed by atoms with van der Waals surface area (Å²) in [7, 11) is 0. The van der Waals surface area contributed by atoms with E-state index < -0.39 is 17.1 Å². The molecular weight excluding hydrogens is 244 g/mol. The van der Waals surface area contributed by atoms with Crippen LogP contribution in [0.2, 0.25) is 0 Å². The summed E-state index contributed by atoms with van der Waals surface area (Å²) in [6.07, 6.45) is 2.04. The number of urea groups is 1. The van der Waals surface area contributed by atoms with Crippen molar-refractivity contribution in [1.29, 1.82) is 0 Å². The molecule has 1 atom stereocenters. The van der Waals surface area contributed by atoms with Crippen LogP contribution < -0.4 is 28.1 Å². The second kappa shape index (κ2) is 8.55. The molecule has 0 radical (unpaired) electrons. The summed E-state index contributed by atoms with van der Waals surface area (Å²) >= 11 is 0. The number of rotatable bonds is 8. The summed E-state index contributed by atoms with van der Waals surface area (Å²) in [4.78, 5) is 24.4. The Morgan fingerprint density at radius 3 is 2.61 bits per heavy atom. The van der Waals surface area contributed by atoms with Gasteiger partial charge in [0, 0.05) is 6.54 Å². The average Bonchev–Trinajstić information content (AvgIpc) is 2.22. The van der Waals surface area contributed by atoms with Crippen LogP contribution in [-0.4, -0.2) is 35.8 Å². The number of nitrogens with zero attached hydrogens (tertiary/aromatic N) is 3. The van der Waals surface area contributed by atoms with Crippen molar-refractivity contribution >= 4 is 18.2 Å². The lowest BCUT2D eigenvalue weighted by Crippen LogP contribution is -2.36. The Hall–Kier alpha value is -2.59. The van der Waals surface area contributed by atoms with Crippen molar-refractivity contribution in [3.05, 3.63) is 10.1 Å². The van der Waals surface area contributed by atoms with Gasteiger partial charge in [-0.1, -0.05) is 0 Å². The molecule has 0 aromatic rings. The summed E-state index contributed by atoms with van der Waals surface area (Å²) in [5.74, 6) is -0.0437. The predicted molar refractivity (Wildman–Crippen MR) is 65.0 cm³/mol. The van der Waals surface area contributed by atoms with Gasteiger partial charge >= 0.3 is 6.03 Å². The van der Waals surface area contributed by atoms with E-state index in [2.05, 4.69) is 10.1 Å². The minimum Gasteiger partial charge on any atom is -0.370 e. The zero-order valence-corrected chi connectivity index (χ0v) is 9.57. The topological polar surface area (TPSA) is 187 Å². The van der Waals surface area contributed by atoms with Crippen molar-refractivity contribution in [2.75, 3.05) is 6.54 Å². The van der Waals surface area contributed by atoms with Crippen molar-refractivity contribution < 1.29 is 9.83 Å². The summed E-state index contributed by atoms with van der Waals surface area (Å²) in [5.41, 5.74) is 19.0.